The van der Waals surface area contributed by atoms with Crippen molar-refractivity contribution in [2.75, 3.05) is 5.32 Å². The smallest absolute Gasteiger partial charge is 0.163 e. The van der Waals surface area contributed by atoms with E-state index < -0.39 is 0 Å². The van der Waals surface area contributed by atoms with Crippen LogP contribution in [-0.4, -0.2) is 9.78 Å². The van der Waals surface area contributed by atoms with Crippen LogP contribution in [-0.2, 0) is 0 Å². The average Bonchev–Trinajstić information content (AvgIpc) is 2.93. The molecule has 0 radical (unpaired) electrons. The number of aromatic nitrogens is 2. The lowest BCUT2D eigenvalue weighted by atomic mass is 10.2. The monoisotopic (exact) mass is 308 g/mol. The standard InChI is InChI=1S/C15H9ClN6/c1-10-4-5-22(21-10)15-3-2-12(6-13(15)16)20-14(9-19)11(7-17)8-18/h2-6,20H,1H3. The van der Waals surface area contributed by atoms with Gasteiger partial charge in [0.2, 0.25) is 0 Å². The maximum Gasteiger partial charge on any atom is 0.163 e. The van der Waals surface area contributed by atoms with Gasteiger partial charge in [0.1, 0.15) is 23.9 Å². The van der Waals surface area contributed by atoms with Gasteiger partial charge in [-0.05, 0) is 31.2 Å². The highest BCUT2D eigenvalue weighted by Crippen LogP contribution is 2.25. The Bertz CT molecular complexity index is 857. The molecule has 0 aliphatic carbocycles. The van der Waals surface area contributed by atoms with E-state index in [-0.39, 0.29) is 11.3 Å². The quantitative estimate of drug-likeness (QED) is 0.878. The molecule has 1 N–H and O–H groups in total. The molecule has 0 fully saturated rings. The second-order valence-corrected chi connectivity index (χ2v) is 4.69. The van der Waals surface area contributed by atoms with E-state index in [0.29, 0.717) is 16.4 Å². The summed E-state index contributed by atoms with van der Waals surface area (Å²) in [5.41, 5.74) is 1.63. The summed E-state index contributed by atoms with van der Waals surface area (Å²) in [7, 11) is 0. The number of hydrogen-bond acceptors (Lipinski definition) is 5. The van der Waals surface area contributed by atoms with E-state index in [4.69, 9.17) is 27.4 Å². The van der Waals surface area contributed by atoms with Gasteiger partial charge in [0, 0.05) is 11.9 Å². The number of hydrogen-bond donors (Lipinski definition) is 1. The van der Waals surface area contributed by atoms with Crippen molar-refractivity contribution in [2.24, 2.45) is 0 Å². The van der Waals surface area contributed by atoms with E-state index in [1.54, 1.807) is 47.3 Å². The van der Waals surface area contributed by atoms with Crippen LogP contribution in [0, 0.1) is 40.9 Å². The van der Waals surface area contributed by atoms with Crippen LogP contribution in [0.25, 0.3) is 5.69 Å². The Morgan fingerprint density at radius 3 is 2.41 bits per heavy atom. The molecule has 7 heteroatoms. The van der Waals surface area contributed by atoms with Crippen molar-refractivity contribution < 1.29 is 0 Å². The lowest BCUT2D eigenvalue weighted by Crippen LogP contribution is -2.02. The van der Waals surface area contributed by atoms with Crippen LogP contribution in [0.4, 0.5) is 5.69 Å². The molecule has 0 aliphatic rings. The molecule has 0 spiro atoms. The number of nitrogens with one attached hydrogen (secondary N) is 1. The van der Waals surface area contributed by atoms with Crippen molar-refractivity contribution in [3.05, 3.63) is 52.4 Å². The highest BCUT2D eigenvalue weighted by Gasteiger charge is 2.09. The fourth-order valence-electron chi connectivity index (χ4n) is 1.75. The first-order valence-electron chi connectivity index (χ1n) is 6.13. The number of nitrogens with zero attached hydrogens (tertiary/aromatic N) is 5. The minimum atomic E-state index is -0.287. The molecule has 2 aromatic rings. The average molecular weight is 309 g/mol. The number of nitriles is 3. The van der Waals surface area contributed by atoms with E-state index >= 15 is 0 Å². The second kappa shape index (κ2) is 6.45. The van der Waals surface area contributed by atoms with Gasteiger partial charge in [-0.25, -0.2) is 4.68 Å². The van der Waals surface area contributed by atoms with Crippen molar-refractivity contribution in [1.29, 1.82) is 15.8 Å². The summed E-state index contributed by atoms with van der Waals surface area (Å²) in [5, 5.41) is 34.0. The number of benzene rings is 1. The van der Waals surface area contributed by atoms with Gasteiger partial charge in [0.25, 0.3) is 0 Å². The van der Waals surface area contributed by atoms with Crippen LogP contribution in [0.1, 0.15) is 5.69 Å². The lowest BCUT2D eigenvalue weighted by molar-refractivity contribution is 0.863. The van der Waals surface area contributed by atoms with E-state index in [0.717, 1.165) is 5.69 Å². The third-order valence-electron chi connectivity index (χ3n) is 2.77. The molecule has 1 aromatic carbocycles. The first-order chi connectivity index (χ1) is 10.6. The van der Waals surface area contributed by atoms with E-state index in [1.807, 2.05) is 13.0 Å². The normalized spacial score (nSPS) is 9.23. The van der Waals surface area contributed by atoms with Gasteiger partial charge in [-0.15, -0.1) is 0 Å². The van der Waals surface area contributed by atoms with Crippen LogP contribution in [0.3, 0.4) is 0 Å². The van der Waals surface area contributed by atoms with Gasteiger partial charge in [-0.2, -0.15) is 20.9 Å². The number of halogens is 1. The number of allylic oxidation sites excluding steroid dienone is 2. The van der Waals surface area contributed by atoms with Gasteiger partial charge in [-0.3, -0.25) is 0 Å². The first-order valence-corrected chi connectivity index (χ1v) is 6.50. The van der Waals surface area contributed by atoms with Crippen molar-refractivity contribution in [1.82, 2.24) is 9.78 Å². The Hall–Kier alpha value is -3.27. The van der Waals surface area contributed by atoms with Crippen molar-refractivity contribution in [2.45, 2.75) is 6.92 Å². The molecule has 1 aromatic heterocycles. The fourth-order valence-corrected chi connectivity index (χ4v) is 2.01. The molecule has 106 valence electrons. The summed E-state index contributed by atoms with van der Waals surface area (Å²) in [6.07, 6.45) is 1.79. The van der Waals surface area contributed by atoms with E-state index in [9.17, 15) is 0 Å². The maximum atomic E-state index is 9.00. The Balaban J connectivity index is 2.35. The van der Waals surface area contributed by atoms with Crippen LogP contribution in [0.15, 0.2) is 41.7 Å². The zero-order valence-corrected chi connectivity index (χ0v) is 12.3. The molecule has 6 nitrogen and oxygen atoms in total. The molecule has 0 bridgehead atoms. The SMILES string of the molecule is Cc1ccn(-c2ccc(NC(C#N)=C(C#N)C#N)cc2Cl)n1. The molecule has 0 saturated carbocycles. The van der Waals surface area contributed by atoms with Crippen LogP contribution in [0.2, 0.25) is 5.02 Å². The number of aryl methyl sites for hydroxylation is 1. The third kappa shape index (κ3) is 3.07. The molecule has 1 heterocycles. The zero-order chi connectivity index (χ0) is 16.1. The van der Waals surface area contributed by atoms with Crippen molar-refractivity contribution in [3.8, 4) is 23.9 Å². The number of anilines is 1. The summed E-state index contributed by atoms with van der Waals surface area (Å²) >= 11 is 6.22. The van der Waals surface area contributed by atoms with Gasteiger partial charge in [0.05, 0.1) is 16.4 Å². The zero-order valence-electron chi connectivity index (χ0n) is 11.5. The molecule has 22 heavy (non-hydrogen) atoms. The molecule has 0 unspecified atom stereocenters. The van der Waals surface area contributed by atoms with E-state index in [1.165, 1.54) is 0 Å². The summed E-state index contributed by atoms with van der Waals surface area (Å²) in [6.45, 7) is 1.87. The molecular weight excluding hydrogens is 300 g/mol. The Kier molecular flexibility index (Phi) is 4.44. The van der Waals surface area contributed by atoms with Gasteiger partial charge >= 0.3 is 0 Å². The van der Waals surface area contributed by atoms with Gasteiger partial charge in [0.15, 0.2) is 5.57 Å². The highest BCUT2D eigenvalue weighted by molar-refractivity contribution is 6.32. The Morgan fingerprint density at radius 1 is 1.18 bits per heavy atom. The number of rotatable bonds is 3. The van der Waals surface area contributed by atoms with Crippen LogP contribution in [0.5, 0.6) is 0 Å². The summed E-state index contributed by atoms with van der Waals surface area (Å²) in [4.78, 5) is 0. The first kappa shape index (κ1) is 15.1. The minimum Gasteiger partial charge on any atom is -0.345 e. The minimum absolute atomic E-state index is 0.122. The molecular formula is C15H9ClN6. The topological polar surface area (TPSA) is 101 Å². The third-order valence-corrected chi connectivity index (χ3v) is 3.07. The molecule has 0 atom stereocenters. The second-order valence-electron chi connectivity index (χ2n) is 4.28. The maximum absolute atomic E-state index is 9.00. The van der Waals surface area contributed by atoms with Crippen molar-refractivity contribution >= 4 is 17.3 Å². The van der Waals surface area contributed by atoms with Crippen LogP contribution >= 0.6 is 11.6 Å². The predicted molar refractivity (Wildman–Crippen MR) is 80.8 cm³/mol. The molecule has 0 amide bonds. The van der Waals surface area contributed by atoms with Gasteiger partial charge < -0.3 is 5.32 Å². The fraction of sp³-hybridized carbons (Fsp3) is 0.0667. The Morgan fingerprint density at radius 2 is 1.91 bits per heavy atom. The Labute approximate surface area is 132 Å². The van der Waals surface area contributed by atoms with Crippen LogP contribution < -0.4 is 5.32 Å². The molecule has 0 aliphatic heterocycles. The lowest BCUT2D eigenvalue weighted by Gasteiger charge is -2.09. The summed E-state index contributed by atoms with van der Waals surface area (Å²) < 4.78 is 1.64. The predicted octanol–water partition coefficient (Wildman–Crippen LogP) is 3.07. The summed E-state index contributed by atoms with van der Waals surface area (Å²) in [5.74, 6) is 0. The van der Waals surface area contributed by atoms with E-state index in [2.05, 4.69) is 10.4 Å². The largest absolute Gasteiger partial charge is 0.345 e. The van der Waals surface area contributed by atoms with Crippen molar-refractivity contribution in [3.63, 3.8) is 0 Å². The summed E-state index contributed by atoms with van der Waals surface area (Å²) in [6, 6.07) is 12.0. The van der Waals surface area contributed by atoms with Gasteiger partial charge in [-0.1, -0.05) is 11.6 Å². The highest BCUT2D eigenvalue weighted by atomic mass is 35.5. The molecule has 2 rings (SSSR count). The molecule has 0 saturated heterocycles.